The molecule has 3 N–H and O–H groups in total. The van der Waals surface area contributed by atoms with Crippen LogP contribution in [0.15, 0.2) is 47.1 Å². The highest BCUT2D eigenvalue weighted by atomic mass is 79.9. The van der Waals surface area contributed by atoms with Crippen molar-refractivity contribution in [2.75, 3.05) is 16.9 Å². The van der Waals surface area contributed by atoms with Gasteiger partial charge in [0.25, 0.3) is 0 Å². The summed E-state index contributed by atoms with van der Waals surface area (Å²) in [6, 6.07) is 11.4. The number of halogens is 1. The molecule has 0 bridgehead atoms. The molecule has 7 heteroatoms. The van der Waals surface area contributed by atoms with E-state index in [2.05, 4.69) is 36.9 Å². The Labute approximate surface area is 141 Å². The van der Waals surface area contributed by atoms with Crippen molar-refractivity contribution in [3.63, 3.8) is 0 Å². The number of rotatable bonds is 2. The predicted molar refractivity (Wildman–Crippen MR) is 93.4 cm³/mol. The molecule has 23 heavy (non-hydrogen) atoms. The third-order valence-electron chi connectivity index (χ3n) is 3.94. The molecule has 1 aliphatic rings. The monoisotopic (exact) mass is 371 g/mol. The maximum absolute atomic E-state index is 12.3. The van der Waals surface area contributed by atoms with Gasteiger partial charge in [-0.1, -0.05) is 28.1 Å². The summed E-state index contributed by atoms with van der Waals surface area (Å²) in [7, 11) is 0. The molecule has 0 unspecified atom stereocenters. The number of hydrogen-bond donors (Lipinski definition) is 3. The molecule has 2 heterocycles. The van der Waals surface area contributed by atoms with Gasteiger partial charge < -0.3 is 5.32 Å². The molecule has 4 rings (SSSR count). The van der Waals surface area contributed by atoms with Crippen LogP contribution in [0.25, 0.3) is 10.9 Å². The summed E-state index contributed by atoms with van der Waals surface area (Å²) >= 11 is 3.55. The molecular formula is C16H14BrN5O. The minimum absolute atomic E-state index is 0.272. The number of nitrogens with one attached hydrogen (secondary N) is 3. The number of amides is 2. The van der Waals surface area contributed by atoms with Crippen LogP contribution in [0, 0.1) is 0 Å². The van der Waals surface area contributed by atoms with Crippen LogP contribution in [-0.2, 0) is 6.42 Å². The Bertz CT molecular complexity index is 891. The number of carbonyl (C=O) groups is 1. The zero-order chi connectivity index (χ0) is 15.8. The Balaban J connectivity index is 1.52. The number of hydrazine groups is 1. The highest BCUT2D eigenvalue weighted by Crippen LogP contribution is 2.32. The summed E-state index contributed by atoms with van der Waals surface area (Å²) in [4.78, 5) is 12.3. The first-order valence-electron chi connectivity index (χ1n) is 7.27. The van der Waals surface area contributed by atoms with E-state index in [1.54, 1.807) is 6.20 Å². The van der Waals surface area contributed by atoms with E-state index in [-0.39, 0.29) is 6.03 Å². The first-order valence-corrected chi connectivity index (χ1v) is 8.06. The summed E-state index contributed by atoms with van der Waals surface area (Å²) in [5, 5.41) is 12.5. The fourth-order valence-corrected chi connectivity index (χ4v) is 3.41. The van der Waals surface area contributed by atoms with Gasteiger partial charge in [0, 0.05) is 16.4 Å². The smallest absolute Gasteiger partial charge is 0.306 e. The van der Waals surface area contributed by atoms with Gasteiger partial charge in [0.1, 0.15) is 0 Å². The summed E-state index contributed by atoms with van der Waals surface area (Å²) in [5.74, 6) is 0. The number of benzene rings is 2. The van der Waals surface area contributed by atoms with E-state index in [1.807, 2.05) is 41.4 Å². The van der Waals surface area contributed by atoms with Gasteiger partial charge in [-0.15, -0.1) is 0 Å². The molecule has 6 nitrogen and oxygen atoms in total. The third kappa shape index (κ3) is 2.53. The summed E-state index contributed by atoms with van der Waals surface area (Å²) < 4.78 is 1.07. The number of anilines is 2. The largest absolute Gasteiger partial charge is 0.338 e. The van der Waals surface area contributed by atoms with Crippen molar-refractivity contribution in [1.82, 2.24) is 15.6 Å². The van der Waals surface area contributed by atoms with E-state index >= 15 is 0 Å². The van der Waals surface area contributed by atoms with Crippen molar-refractivity contribution in [2.24, 2.45) is 0 Å². The Morgan fingerprint density at radius 2 is 2.13 bits per heavy atom. The second kappa shape index (κ2) is 5.58. The molecule has 0 aliphatic carbocycles. The number of carbonyl (C=O) groups excluding carboxylic acids is 1. The van der Waals surface area contributed by atoms with Gasteiger partial charge in [0.05, 0.1) is 23.1 Å². The van der Waals surface area contributed by atoms with Crippen molar-refractivity contribution in [1.29, 1.82) is 0 Å². The lowest BCUT2D eigenvalue weighted by molar-refractivity contribution is 0.251. The van der Waals surface area contributed by atoms with Gasteiger partial charge in [-0.25, -0.2) is 10.2 Å². The maximum Gasteiger partial charge on any atom is 0.338 e. The minimum atomic E-state index is -0.272. The SMILES string of the molecule is O=C(Nc1cccc2[nH]ncc12)NN1CCc2c(Br)cccc21. The van der Waals surface area contributed by atoms with E-state index in [1.165, 1.54) is 5.56 Å². The molecule has 0 saturated carbocycles. The van der Waals surface area contributed by atoms with Crippen molar-refractivity contribution in [2.45, 2.75) is 6.42 Å². The van der Waals surface area contributed by atoms with E-state index in [0.717, 1.165) is 39.7 Å². The molecule has 0 fully saturated rings. The lowest BCUT2D eigenvalue weighted by Gasteiger charge is -2.21. The van der Waals surface area contributed by atoms with E-state index in [4.69, 9.17) is 0 Å². The second-order valence-electron chi connectivity index (χ2n) is 5.34. The van der Waals surface area contributed by atoms with Crippen LogP contribution in [0.4, 0.5) is 16.2 Å². The average Bonchev–Trinajstić information content (AvgIpc) is 3.16. The third-order valence-corrected chi connectivity index (χ3v) is 4.68. The number of nitrogens with zero attached hydrogens (tertiary/aromatic N) is 2. The van der Waals surface area contributed by atoms with Gasteiger partial charge in [-0.2, -0.15) is 5.10 Å². The van der Waals surface area contributed by atoms with Gasteiger partial charge in [0.2, 0.25) is 0 Å². The number of H-pyrrole nitrogens is 1. The van der Waals surface area contributed by atoms with Crippen LogP contribution < -0.4 is 15.8 Å². The van der Waals surface area contributed by atoms with Crippen molar-refractivity contribution in [3.05, 3.63) is 52.6 Å². The van der Waals surface area contributed by atoms with Crippen LogP contribution in [-0.4, -0.2) is 22.8 Å². The minimum Gasteiger partial charge on any atom is -0.306 e. The van der Waals surface area contributed by atoms with Gasteiger partial charge in [-0.3, -0.25) is 10.1 Å². The van der Waals surface area contributed by atoms with Crippen molar-refractivity contribution < 1.29 is 4.79 Å². The van der Waals surface area contributed by atoms with E-state index < -0.39 is 0 Å². The molecule has 0 spiro atoms. The summed E-state index contributed by atoms with van der Waals surface area (Å²) in [5.41, 5.74) is 6.75. The molecule has 1 aromatic heterocycles. The fraction of sp³-hybridized carbons (Fsp3) is 0.125. The Morgan fingerprint density at radius 3 is 3.04 bits per heavy atom. The maximum atomic E-state index is 12.3. The number of hydrogen-bond acceptors (Lipinski definition) is 3. The fourth-order valence-electron chi connectivity index (χ4n) is 2.86. The van der Waals surface area contributed by atoms with Crippen molar-refractivity contribution >= 4 is 44.2 Å². The van der Waals surface area contributed by atoms with Crippen LogP contribution in [0.5, 0.6) is 0 Å². The van der Waals surface area contributed by atoms with Crippen LogP contribution in [0.1, 0.15) is 5.56 Å². The normalized spacial score (nSPS) is 13.2. The molecule has 2 aromatic carbocycles. The molecule has 0 atom stereocenters. The highest BCUT2D eigenvalue weighted by Gasteiger charge is 2.22. The molecule has 2 amide bonds. The highest BCUT2D eigenvalue weighted by molar-refractivity contribution is 9.10. The lowest BCUT2D eigenvalue weighted by Crippen LogP contribution is -2.43. The number of urea groups is 1. The number of aromatic nitrogens is 2. The molecule has 3 aromatic rings. The number of aromatic amines is 1. The topological polar surface area (TPSA) is 73.0 Å². The predicted octanol–water partition coefficient (Wildman–Crippen LogP) is 3.42. The summed E-state index contributed by atoms with van der Waals surface area (Å²) in [6.07, 6.45) is 2.60. The summed E-state index contributed by atoms with van der Waals surface area (Å²) in [6.45, 7) is 0.751. The molecule has 0 saturated heterocycles. The van der Waals surface area contributed by atoms with Crippen LogP contribution in [0.3, 0.4) is 0 Å². The molecular weight excluding hydrogens is 358 g/mol. The van der Waals surface area contributed by atoms with Crippen LogP contribution in [0.2, 0.25) is 0 Å². The van der Waals surface area contributed by atoms with E-state index in [9.17, 15) is 4.79 Å². The van der Waals surface area contributed by atoms with E-state index in [0.29, 0.717) is 0 Å². The van der Waals surface area contributed by atoms with Gasteiger partial charge in [0.15, 0.2) is 0 Å². The van der Waals surface area contributed by atoms with Crippen molar-refractivity contribution in [3.8, 4) is 0 Å². The Kier molecular flexibility index (Phi) is 3.42. The lowest BCUT2D eigenvalue weighted by atomic mass is 10.2. The standard InChI is InChI=1S/C16H14BrN5O/c17-12-3-1-6-15-10(12)7-8-22(15)21-16(23)19-13-4-2-5-14-11(13)9-18-20-14/h1-6,9H,7-8H2,(H,18,20)(H2,19,21,23). The second-order valence-corrected chi connectivity index (χ2v) is 6.20. The first-order chi connectivity index (χ1) is 11.2. The number of fused-ring (bicyclic) bond motifs is 2. The Hall–Kier alpha value is -2.54. The average molecular weight is 372 g/mol. The first kappa shape index (κ1) is 14.1. The molecule has 1 aliphatic heterocycles. The molecule has 116 valence electrons. The van der Waals surface area contributed by atoms with Gasteiger partial charge in [-0.05, 0) is 36.2 Å². The quantitative estimate of drug-likeness (QED) is 0.646. The van der Waals surface area contributed by atoms with Gasteiger partial charge >= 0.3 is 6.03 Å². The molecule has 0 radical (unpaired) electrons. The van der Waals surface area contributed by atoms with Crippen LogP contribution >= 0.6 is 15.9 Å². The zero-order valence-corrected chi connectivity index (χ0v) is 13.7. The zero-order valence-electron chi connectivity index (χ0n) is 12.1. The Morgan fingerprint density at radius 1 is 1.26 bits per heavy atom.